The summed E-state index contributed by atoms with van der Waals surface area (Å²) in [6, 6.07) is 12.8. The molecule has 1 aromatic heterocycles. The molecule has 1 fully saturated rings. The van der Waals surface area contributed by atoms with Crippen molar-refractivity contribution in [3.8, 4) is 17.2 Å². The van der Waals surface area contributed by atoms with Crippen LogP contribution in [-0.2, 0) is 6.54 Å². The molecule has 0 N–H and O–H groups in total. The summed E-state index contributed by atoms with van der Waals surface area (Å²) in [4.78, 5) is 14.5. The first-order chi connectivity index (χ1) is 17.2. The predicted octanol–water partition coefficient (Wildman–Crippen LogP) is 4.49. The van der Waals surface area contributed by atoms with Crippen LogP contribution in [0.25, 0.3) is 11.0 Å². The topological polar surface area (TPSA) is 60.0 Å². The Kier molecular flexibility index (Phi) is 7.91. The molecule has 1 saturated heterocycles. The Hall–Kier alpha value is -2.55. The molecule has 35 heavy (non-hydrogen) atoms. The average Bonchev–Trinajstić information content (AvgIpc) is 2.91. The minimum Gasteiger partial charge on any atom is -0.497 e. The van der Waals surface area contributed by atoms with Crippen LogP contribution in [0, 0.1) is 0 Å². The van der Waals surface area contributed by atoms with E-state index in [0.717, 1.165) is 71.8 Å². The number of ether oxygens (including phenoxy) is 3. The highest BCUT2D eigenvalue weighted by Gasteiger charge is 2.24. The van der Waals surface area contributed by atoms with Crippen LogP contribution in [0.5, 0.6) is 17.2 Å². The van der Waals surface area contributed by atoms with Crippen LogP contribution >= 0.6 is 11.8 Å². The van der Waals surface area contributed by atoms with Gasteiger partial charge in [0.1, 0.15) is 24.0 Å². The zero-order valence-corrected chi connectivity index (χ0v) is 21.4. The molecule has 186 valence electrons. The Labute approximate surface area is 211 Å². The maximum absolute atomic E-state index is 5.77. The predicted molar refractivity (Wildman–Crippen MR) is 140 cm³/mol. The SMILES string of the molecule is CCN(Cc1ccc2c(c1)OCCO2)C1CCN(CCSc2cnc3ccc(OC)cc3n2)CC1. The molecular formula is C27H34N4O3S. The van der Waals surface area contributed by atoms with Crippen molar-refractivity contribution in [1.29, 1.82) is 0 Å². The average molecular weight is 495 g/mol. The molecule has 2 aromatic carbocycles. The number of fused-ring (bicyclic) bond motifs is 2. The van der Waals surface area contributed by atoms with E-state index in [1.165, 1.54) is 18.4 Å². The fraction of sp³-hybridized carbons (Fsp3) is 0.481. The van der Waals surface area contributed by atoms with Crippen LogP contribution in [-0.4, -0.2) is 78.1 Å². The lowest BCUT2D eigenvalue weighted by Crippen LogP contribution is -2.45. The van der Waals surface area contributed by atoms with Gasteiger partial charge in [-0.05, 0) is 62.3 Å². The summed E-state index contributed by atoms with van der Waals surface area (Å²) in [6.45, 7) is 8.90. The van der Waals surface area contributed by atoms with Crippen LogP contribution in [0.4, 0.5) is 0 Å². The van der Waals surface area contributed by atoms with E-state index in [1.54, 1.807) is 18.9 Å². The van der Waals surface area contributed by atoms with Crippen molar-refractivity contribution in [1.82, 2.24) is 19.8 Å². The second-order valence-corrected chi connectivity index (χ2v) is 10.1. The summed E-state index contributed by atoms with van der Waals surface area (Å²) in [7, 11) is 1.68. The van der Waals surface area contributed by atoms with Crippen LogP contribution in [0.15, 0.2) is 47.6 Å². The number of benzene rings is 2. The van der Waals surface area contributed by atoms with Gasteiger partial charge < -0.3 is 19.1 Å². The molecule has 3 heterocycles. The minimum absolute atomic E-state index is 0.624. The second-order valence-electron chi connectivity index (χ2n) is 9.03. The van der Waals surface area contributed by atoms with Gasteiger partial charge in [0.2, 0.25) is 0 Å². The highest BCUT2D eigenvalue weighted by Crippen LogP contribution is 2.31. The lowest BCUT2D eigenvalue weighted by molar-refractivity contribution is 0.110. The Balaban J connectivity index is 1.09. The normalized spacial score (nSPS) is 16.7. The van der Waals surface area contributed by atoms with Gasteiger partial charge in [-0.1, -0.05) is 13.0 Å². The number of piperidine rings is 1. The number of likely N-dealkylation sites (tertiary alicyclic amines) is 1. The van der Waals surface area contributed by atoms with E-state index in [2.05, 4.69) is 33.8 Å². The summed E-state index contributed by atoms with van der Waals surface area (Å²) in [5.41, 5.74) is 3.07. The van der Waals surface area contributed by atoms with E-state index in [9.17, 15) is 0 Å². The smallest absolute Gasteiger partial charge is 0.161 e. The molecule has 0 radical (unpaired) electrons. The maximum atomic E-state index is 5.77. The van der Waals surface area contributed by atoms with Crippen LogP contribution in [0.1, 0.15) is 25.3 Å². The lowest BCUT2D eigenvalue weighted by Gasteiger charge is -2.38. The van der Waals surface area contributed by atoms with Gasteiger partial charge in [-0.3, -0.25) is 9.88 Å². The van der Waals surface area contributed by atoms with Gasteiger partial charge in [-0.2, -0.15) is 0 Å². The first kappa shape index (κ1) is 24.2. The Morgan fingerprint density at radius 3 is 2.69 bits per heavy atom. The van der Waals surface area contributed by atoms with Gasteiger partial charge in [-0.25, -0.2) is 4.98 Å². The number of hydrogen-bond acceptors (Lipinski definition) is 8. The third kappa shape index (κ3) is 6.00. The first-order valence-electron chi connectivity index (χ1n) is 12.5. The molecule has 2 aliphatic rings. The number of thioether (sulfide) groups is 1. The molecule has 7 nitrogen and oxygen atoms in total. The molecule has 0 unspecified atom stereocenters. The van der Waals surface area contributed by atoms with Crippen LogP contribution < -0.4 is 14.2 Å². The van der Waals surface area contributed by atoms with Crippen molar-refractivity contribution in [2.24, 2.45) is 0 Å². The zero-order chi connectivity index (χ0) is 24.0. The molecule has 0 saturated carbocycles. The van der Waals surface area contributed by atoms with E-state index >= 15 is 0 Å². The molecule has 0 amide bonds. The van der Waals surface area contributed by atoms with Crippen molar-refractivity contribution >= 4 is 22.8 Å². The Morgan fingerprint density at radius 1 is 1.06 bits per heavy atom. The Bertz CT molecular complexity index is 1140. The molecule has 2 aliphatic heterocycles. The minimum atomic E-state index is 0.624. The quantitative estimate of drug-likeness (QED) is 0.404. The standard InChI is InChI=1S/C27H34N4O3S/c1-3-31(19-20-4-7-25-26(16-20)34-14-13-33-25)21-8-10-30(11-9-21)12-15-35-27-18-28-23-6-5-22(32-2)17-24(23)29-27/h4-7,16-18,21H,3,8-15,19H2,1-2H3. The lowest BCUT2D eigenvalue weighted by atomic mass is 10.0. The molecule has 0 atom stereocenters. The molecule has 0 bridgehead atoms. The summed E-state index contributed by atoms with van der Waals surface area (Å²) >= 11 is 1.78. The van der Waals surface area contributed by atoms with Crippen LogP contribution in [0.3, 0.4) is 0 Å². The summed E-state index contributed by atoms with van der Waals surface area (Å²) < 4.78 is 16.8. The molecule has 0 spiro atoms. The molecule has 8 heteroatoms. The highest BCUT2D eigenvalue weighted by atomic mass is 32.2. The van der Waals surface area contributed by atoms with E-state index in [1.807, 2.05) is 30.5 Å². The third-order valence-corrected chi connectivity index (χ3v) is 7.74. The largest absolute Gasteiger partial charge is 0.497 e. The van der Waals surface area contributed by atoms with E-state index in [0.29, 0.717) is 19.3 Å². The number of methoxy groups -OCH3 is 1. The van der Waals surface area contributed by atoms with Crippen molar-refractivity contribution in [2.75, 3.05) is 52.3 Å². The number of aromatic nitrogens is 2. The van der Waals surface area contributed by atoms with Crippen molar-refractivity contribution in [3.05, 3.63) is 48.2 Å². The first-order valence-corrected chi connectivity index (χ1v) is 13.5. The Morgan fingerprint density at radius 2 is 1.89 bits per heavy atom. The van der Waals surface area contributed by atoms with Crippen molar-refractivity contribution < 1.29 is 14.2 Å². The van der Waals surface area contributed by atoms with Crippen LogP contribution in [0.2, 0.25) is 0 Å². The van der Waals surface area contributed by atoms with Gasteiger partial charge in [-0.15, -0.1) is 11.8 Å². The maximum Gasteiger partial charge on any atom is 0.161 e. The number of rotatable bonds is 9. The number of nitrogens with zero attached hydrogens (tertiary/aromatic N) is 4. The van der Waals surface area contributed by atoms with Gasteiger partial charge >= 0.3 is 0 Å². The second kappa shape index (κ2) is 11.5. The fourth-order valence-corrected chi connectivity index (χ4v) is 5.73. The van der Waals surface area contributed by atoms with Gasteiger partial charge in [0.15, 0.2) is 11.5 Å². The fourth-order valence-electron chi connectivity index (χ4n) is 4.88. The zero-order valence-electron chi connectivity index (χ0n) is 20.6. The van der Waals surface area contributed by atoms with Crippen molar-refractivity contribution in [3.63, 3.8) is 0 Å². The summed E-state index contributed by atoms with van der Waals surface area (Å²) in [5.74, 6) is 3.58. The van der Waals surface area contributed by atoms with Gasteiger partial charge in [0.25, 0.3) is 0 Å². The number of hydrogen-bond donors (Lipinski definition) is 0. The molecule has 0 aliphatic carbocycles. The van der Waals surface area contributed by atoms with E-state index < -0.39 is 0 Å². The molecule has 5 rings (SSSR count). The van der Waals surface area contributed by atoms with E-state index in [4.69, 9.17) is 19.2 Å². The van der Waals surface area contributed by atoms with E-state index in [-0.39, 0.29) is 0 Å². The summed E-state index contributed by atoms with van der Waals surface area (Å²) in [6.07, 6.45) is 4.29. The monoisotopic (exact) mass is 494 g/mol. The van der Waals surface area contributed by atoms with Gasteiger partial charge in [0.05, 0.1) is 24.3 Å². The molecular weight excluding hydrogens is 460 g/mol. The molecule has 3 aromatic rings. The highest BCUT2D eigenvalue weighted by molar-refractivity contribution is 7.99. The summed E-state index contributed by atoms with van der Waals surface area (Å²) in [5, 5.41) is 0.970. The third-order valence-electron chi connectivity index (χ3n) is 6.86. The van der Waals surface area contributed by atoms with Gasteiger partial charge in [0, 0.05) is 31.0 Å². The van der Waals surface area contributed by atoms with Crippen molar-refractivity contribution in [2.45, 2.75) is 37.4 Å².